The Kier molecular flexibility index (Phi) is 5.82. The molecule has 0 saturated heterocycles. The topological polar surface area (TPSA) is 81.1 Å². The lowest BCUT2D eigenvalue weighted by molar-refractivity contribution is 0.249. The Labute approximate surface area is 152 Å². The van der Waals surface area contributed by atoms with Gasteiger partial charge in [-0.15, -0.1) is 0 Å². The second-order valence-corrected chi connectivity index (χ2v) is 5.75. The number of rotatable bonds is 7. The van der Waals surface area contributed by atoms with Gasteiger partial charge in [0.1, 0.15) is 12.4 Å². The first-order valence-electron chi connectivity index (χ1n) is 8.38. The summed E-state index contributed by atoms with van der Waals surface area (Å²) in [5.41, 5.74) is 1.66. The van der Waals surface area contributed by atoms with Gasteiger partial charge in [0, 0.05) is 36.5 Å². The molecular formula is C19H21N5O2. The van der Waals surface area contributed by atoms with Crippen LogP contribution in [0.1, 0.15) is 18.5 Å². The van der Waals surface area contributed by atoms with Gasteiger partial charge in [-0.3, -0.25) is 9.67 Å². The van der Waals surface area contributed by atoms with E-state index in [1.165, 1.54) is 0 Å². The lowest BCUT2D eigenvalue weighted by atomic mass is 10.1. The molecule has 2 N–H and O–H groups in total. The quantitative estimate of drug-likeness (QED) is 0.685. The summed E-state index contributed by atoms with van der Waals surface area (Å²) in [7, 11) is 0. The monoisotopic (exact) mass is 351 g/mol. The fraction of sp³-hybridized carbons (Fsp3) is 0.211. The predicted octanol–water partition coefficient (Wildman–Crippen LogP) is 3.24. The molecular weight excluding hydrogens is 330 g/mol. The third-order valence-corrected chi connectivity index (χ3v) is 3.79. The van der Waals surface area contributed by atoms with Gasteiger partial charge in [0.25, 0.3) is 0 Å². The number of ether oxygens (including phenoxy) is 1. The van der Waals surface area contributed by atoms with Gasteiger partial charge in [0.2, 0.25) is 0 Å². The third-order valence-electron chi connectivity index (χ3n) is 3.79. The molecule has 0 bridgehead atoms. The Hall–Kier alpha value is -3.35. The lowest BCUT2D eigenvalue weighted by Crippen LogP contribution is -2.31. The Morgan fingerprint density at radius 1 is 1.19 bits per heavy atom. The predicted molar refractivity (Wildman–Crippen MR) is 99.0 cm³/mol. The maximum Gasteiger partial charge on any atom is 0.319 e. The number of hydrogen-bond donors (Lipinski definition) is 2. The summed E-state index contributed by atoms with van der Waals surface area (Å²) in [6, 6.07) is 12.5. The molecule has 7 nitrogen and oxygen atoms in total. The summed E-state index contributed by atoms with van der Waals surface area (Å²) in [6.07, 6.45) is 7.02. The molecule has 0 saturated carbocycles. The number of aromatic nitrogens is 3. The summed E-state index contributed by atoms with van der Waals surface area (Å²) >= 11 is 0. The first kappa shape index (κ1) is 17.5. The van der Waals surface area contributed by atoms with Crippen molar-refractivity contribution in [1.29, 1.82) is 0 Å². The first-order chi connectivity index (χ1) is 12.7. The number of pyridine rings is 1. The van der Waals surface area contributed by atoms with Gasteiger partial charge >= 0.3 is 6.03 Å². The number of carbonyl (C=O) groups is 1. The zero-order chi connectivity index (χ0) is 18.2. The van der Waals surface area contributed by atoms with Crippen LogP contribution in [0.25, 0.3) is 0 Å². The van der Waals surface area contributed by atoms with Crippen molar-refractivity contribution in [3.8, 4) is 5.75 Å². The van der Waals surface area contributed by atoms with Gasteiger partial charge in [-0.1, -0.05) is 6.07 Å². The van der Waals surface area contributed by atoms with E-state index in [4.69, 9.17) is 4.74 Å². The highest BCUT2D eigenvalue weighted by Gasteiger charge is 2.09. The highest BCUT2D eigenvalue weighted by atomic mass is 16.5. The average molecular weight is 351 g/mol. The van der Waals surface area contributed by atoms with Gasteiger partial charge in [-0.25, -0.2) is 4.79 Å². The van der Waals surface area contributed by atoms with E-state index in [1.807, 2.05) is 49.5 Å². The molecule has 2 aromatic heterocycles. The molecule has 3 aromatic rings. The Bertz CT molecular complexity index is 821. The van der Waals surface area contributed by atoms with Crippen LogP contribution in [-0.4, -0.2) is 27.4 Å². The number of urea groups is 1. The normalized spacial score (nSPS) is 11.6. The van der Waals surface area contributed by atoms with E-state index < -0.39 is 0 Å². The van der Waals surface area contributed by atoms with Crippen LogP contribution in [0.5, 0.6) is 5.75 Å². The molecule has 2 amide bonds. The van der Waals surface area contributed by atoms with Crippen LogP contribution >= 0.6 is 0 Å². The van der Waals surface area contributed by atoms with Crippen molar-refractivity contribution < 1.29 is 9.53 Å². The van der Waals surface area contributed by atoms with E-state index in [-0.39, 0.29) is 12.1 Å². The van der Waals surface area contributed by atoms with Gasteiger partial charge < -0.3 is 15.4 Å². The number of nitrogens with zero attached hydrogens (tertiary/aromatic N) is 3. The Balaban J connectivity index is 1.50. The minimum atomic E-state index is -0.275. The number of amides is 2. The number of anilines is 1. The summed E-state index contributed by atoms with van der Waals surface area (Å²) in [5, 5.41) is 9.84. The number of nitrogens with one attached hydrogen (secondary N) is 2. The molecule has 0 radical (unpaired) electrons. The molecule has 1 unspecified atom stereocenters. The largest absolute Gasteiger partial charge is 0.492 e. The molecule has 3 rings (SSSR count). The van der Waals surface area contributed by atoms with Crippen molar-refractivity contribution in [3.63, 3.8) is 0 Å². The Morgan fingerprint density at radius 3 is 2.81 bits per heavy atom. The van der Waals surface area contributed by atoms with Crippen LogP contribution in [0.4, 0.5) is 10.5 Å². The van der Waals surface area contributed by atoms with Crippen LogP contribution in [0.2, 0.25) is 0 Å². The molecule has 0 aliphatic heterocycles. The smallest absolute Gasteiger partial charge is 0.319 e. The molecule has 0 fully saturated rings. The van der Waals surface area contributed by atoms with Crippen LogP contribution in [0.3, 0.4) is 0 Å². The maximum absolute atomic E-state index is 12.2. The van der Waals surface area contributed by atoms with Gasteiger partial charge in [0.15, 0.2) is 0 Å². The highest BCUT2D eigenvalue weighted by Crippen LogP contribution is 2.18. The molecule has 134 valence electrons. The minimum absolute atomic E-state index is 0.119. The fourth-order valence-corrected chi connectivity index (χ4v) is 2.45. The van der Waals surface area contributed by atoms with Crippen LogP contribution in [0, 0.1) is 0 Å². The second-order valence-electron chi connectivity index (χ2n) is 5.75. The van der Waals surface area contributed by atoms with E-state index in [0.29, 0.717) is 24.6 Å². The first-order valence-corrected chi connectivity index (χ1v) is 8.38. The average Bonchev–Trinajstić information content (AvgIpc) is 3.16. The van der Waals surface area contributed by atoms with Crippen LogP contribution in [-0.2, 0) is 6.54 Å². The summed E-state index contributed by atoms with van der Waals surface area (Å²) in [4.78, 5) is 16.2. The highest BCUT2D eigenvalue weighted by molar-refractivity contribution is 5.89. The molecule has 7 heteroatoms. The van der Waals surface area contributed by atoms with Crippen LogP contribution in [0.15, 0.2) is 67.3 Å². The number of carbonyl (C=O) groups excluding carboxylic acids is 1. The van der Waals surface area contributed by atoms with Gasteiger partial charge in [-0.2, -0.15) is 5.10 Å². The summed E-state index contributed by atoms with van der Waals surface area (Å²) in [5.74, 6) is 0.692. The van der Waals surface area contributed by atoms with Gasteiger partial charge in [0.05, 0.1) is 12.6 Å². The van der Waals surface area contributed by atoms with Gasteiger partial charge in [-0.05, 0) is 42.8 Å². The number of benzene rings is 1. The van der Waals surface area contributed by atoms with E-state index in [9.17, 15) is 4.79 Å². The SMILES string of the molecule is CC(NC(=O)Nc1cccc(OCCn2cccn2)c1)c1ccncc1. The lowest BCUT2D eigenvalue weighted by Gasteiger charge is -2.15. The zero-order valence-corrected chi connectivity index (χ0v) is 14.5. The van der Waals surface area contributed by atoms with Crippen molar-refractivity contribution >= 4 is 11.7 Å². The van der Waals surface area contributed by atoms with E-state index in [1.54, 1.807) is 29.3 Å². The van der Waals surface area contributed by atoms with Crippen molar-refractivity contribution in [2.24, 2.45) is 0 Å². The molecule has 1 aromatic carbocycles. The molecule has 26 heavy (non-hydrogen) atoms. The molecule has 0 spiro atoms. The standard InChI is InChI=1S/C19H21N5O2/c1-15(16-6-9-20-10-7-16)22-19(25)23-17-4-2-5-18(14-17)26-13-12-24-11-3-8-21-24/h2-11,14-15H,12-13H2,1H3,(H2,22,23,25). The summed E-state index contributed by atoms with van der Waals surface area (Å²) in [6.45, 7) is 3.08. The minimum Gasteiger partial charge on any atom is -0.492 e. The van der Waals surface area contributed by atoms with Crippen molar-refractivity contribution in [2.75, 3.05) is 11.9 Å². The van der Waals surface area contributed by atoms with Crippen molar-refractivity contribution in [3.05, 3.63) is 72.8 Å². The molecule has 1 atom stereocenters. The number of hydrogen-bond acceptors (Lipinski definition) is 4. The summed E-state index contributed by atoms with van der Waals surface area (Å²) < 4.78 is 7.51. The third kappa shape index (κ3) is 5.07. The van der Waals surface area contributed by atoms with Crippen LogP contribution < -0.4 is 15.4 Å². The van der Waals surface area contributed by atoms with E-state index in [0.717, 1.165) is 5.56 Å². The van der Waals surface area contributed by atoms with Crippen molar-refractivity contribution in [2.45, 2.75) is 19.5 Å². The molecule has 0 aliphatic carbocycles. The Morgan fingerprint density at radius 2 is 2.04 bits per heavy atom. The van der Waals surface area contributed by atoms with Crippen molar-refractivity contribution in [1.82, 2.24) is 20.1 Å². The maximum atomic E-state index is 12.2. The zero-order valence-electron chi connectivity index (χ0n) is 14.5. The molecule has 0 aliphatic rings. The van der Waals surface area contributed by atoms with E-state index in [2.05, 4.69) is 20.7 Å². The van der Waals surface area contributed by atoms with E-state index >= 15 is 0 Å². The molecule has 2 heterocycles. The fourth-order valence-electron chi connectivity index (χ4n) is 2.45. The second kappa shape index (κ2) is 8.66.